The fourth-order valence-corrected chi connectivity index (χ4v) is 2.45. The molecule has 0 aliphatic rings. The summed E-state index contributed by atoms with van der Waals surface area (Å²) in [5, 5.41) is 0. The lowest BCUT2D eigenvalue weighted by atomic mass is 10.1. The molecule has 138 valence electrons. The monoisotopic (exact) mass is 358 g/mol. The van der Waals surface area contributed by atoms with Crippen LogP contribution in [0.15, 0.2) is 36.4 Å². The average molecular weight is 358 g/mol. The van der Waals surface area contributed by atoms with E-state index in [0.29, 0.717) is 39.9 Å². The van der Waals surface area contributed by atoms with Crippen molar-refractivity contribution in [1.82, 2.24) is 0 Å². The van der Waals surface area contributed by atoms with E-state index in [2.05, 4.69) is 0 Å². The molecule has 0 amide bonds. The minimum atomic E-state index is -0.235. The van der Waals surface area contributed by atoms with Gasteiger partial charge in [-0.15, -0.1) is 0 Å². The minimum absolute atomic E-state index is 0.235. The molecular weight excluding hydrogens is 336 g/mol. The molecule has 0 aliphatic heterocycles. The number of ketones is 1. The number of benzene rings is 2. The standard InChI is InChI=1S/C20H22O6/c1-22-13-6-9-18(24-3)16(10-13)17(21)8-7-15-19(25-4)11-14(23-2)12-20(15)26-5/h6-12H,1-5H3/b8-7+. The van der Waals surface area contributed by atoms with Crippen molar-refractivity contribution in [3.05, 3.63) is 47.5 Å². The molecule has 0 saturated carbocycles. The number of ether oxygens (including phenoxy) is 5. The van der Waals surface area contributed by atoms with Gasteiger partial charge in [0.2, 0.25) is 0 Å². The number of rotatable bonds is 8. The Kier molecular flexibility index (Phi) is 6.49. The molecule has 0 N–H and O–H groups in total. The Labute approximate surface area is 152 Å². The van der Waals surface area contributed by atoms with Gasteiger partial charge in [-0.1, -0.05) is 0 Å². The molecule has 0 heterocycles. The zero-order valence-electron chi connectivity index (χ0n) is 15.5. The third kappa shape index (κ3) is 4.08. The summed E-state index contributed by atoms with van der Waals surface area (Å²) in [4.78, 5) is 12.7. The van der Waals surface area contributed by atoms with Gasteiger partial charge in [0.25, 0.3) is 0 Å². The van der Waals surface area contributed by atoms with Crippen LogP contribution in [0, 0.1) is 0 Å². The summed E-state index contributed by atoms with van der Waals surface area (Å²) in [6.07, 6.45) is 3.07. The quantitative estimate of drug-likeness (QED) is 0.530. The summed E-state index contributed by atoms with van der Waals surface area (Å²) in [5.41, 5.74) is 1.03. The van der Waals surface area contributed by atoms with Crippen molar-refractivity contribution in [3.8, 4) is 28.7 Å². The lowest BCUT2D eigenvalue weighted by Crippen LogP contribution is -2.00. The van der Waals surface area contributed by atoms with Crippen LogP contribution in [0.25, 0.3) is 6.08 Å². The second-order valence-corrected chi connectivity index (χ2v) is 5.21. The summed E-state index contributed by atoms with van der Waals surface area (Å²) in [6.45, 7) is 0. The topological polar surface area (TPSA) is 63.2 Å². The molecule has 0 unspecified atom stereocenters. The molecule has 0 atom stereocenters. The lowest BCUT2D eigenvalue weighted by molar-refractivity contribution is 0.104. The molecule has 2 rings (SSSR count). The van der Waals surface area contributed by atoms with E-state index in [0.717, 1.165) is 0 Å². The van der Waals surface area contributed by atoms with Gasteiger partial charge in [-0.05, 0) is 30.4 Å². The van der Waals surface area contributed by atoms with Gasteiger partial charge in [0.15, 0.2) is 5.78 Å². The Hall–Kier alpha value is -3.15. The highest BCUT2D eigenvalue weighted by atomic mass is 16.5. The third-order valence-corrected chi connectivity index (χ3v) is 3.83. The number of carbonyl (C=O) groups excluding carboxylic acids is 1. The molecule has 0 radical (unpaired) electrons. The first kappa shape index (κ1) is 19.2. The van der Waals surface area contributed by atoms with E-state index >= 15 is 0 Å². The summed E-state index contributed by atoms with van der Waals surface area (Å²) < 4.78 is 26.4. The molecule has 0 fully saturated rings. The minimum Gasteiger partial charge on any atom is -0.497 e. The number of hydrogen-bond donors (Lipinski definition) is 0. The summed E-state index contributed by atoms with van der Waals surface area (Å²) in [6, 6.07) is 8.49. The van der Waals surface area contributed by atoms with Crippen LogP contribution in [-0.2, 0) is 0 Å². The molecule has 0 bridgehead atoms. The summed E-state index contributed by atoms with van der Waals surface area (Å²) >= 11 is 0. The first-order valence-electron chi connectivity index (χ1n) is 7.82. The van der Waals surface area contributed by atoms with Crippen molar-refractivity contribution in [1.29, 1.82) is 0 Å². The summed E-state index contributed by atoms with van der Waals surface area (Å²) in [5.74, 6) is 2.46. The Morgan fingerprint density at radius 3 is 1.81 bits per heavy atom. The van der Waals surface area contributed by atoms with Gasteiger partial charge < -0.3 is 23.7 Å². The number of carbonyl (C=O) groups is 1. The fourth-order valence-electron chi connectivity index (χ4n) is 2.45. The average Bonchev–Trinajstić information content (AvgIpc) is 2.70. The number of allylic oxidation sites excluding steroid dienone is 1. The van der Waals surface area contributed by atoms with E-state index in [9.17, 15) is 4.79 Å². The van der Waals surface area contributed by atoms with Crippen LogP contribution in [-0.4, -0.2) is 41.3 Å². The Morgan fingerprint density at radius 1 is 0.731 bits per heavy atom. The predicted octanol–water partition coefficient (Wildman–Crippen LogP) is 3.63. The van der Waals surface area contributed by atoms with Crippen LogP contribution < -0.4 is 23.7 Å². The molecule has 0 aliphatic carbocycles. The Balaban J connectivity index is 2.42. The largest absolute Gasteiger partial charge is 0.497 e. The molecule has 0 spiro atoms. The normalized spacial score (nSPS) is 10.5. The maximum atomic E-state index is 12.7. The lowest BCUT2D eigenvalue weighted by Gasteiger charge is -2.12. The van der Waals surface area contributed by atoms with E-state index in [-0.39, 0.29) is 5.78 Å². The van der Waals surface area contributed by atoms with E-state index in [1.807, 2.05) is 0 Å². The van der Waals surface area contributed by atoms with Gasteiger partial charge >= 0.3 is 0 Å². The van der Waals surface area contributed by atoms with E-state index in [4.69, 9.17) is 23.7 Å². The van der Waals surface area contributed by atoms with Crippen LogP contribution in [0.1, 0.15) is 15.9 Å². The van der Waals surface area contributed by atoms with Crippen LogP contribution in [0.2, 0.25) is 0 Å². The first-order valence-corrected chi connectivity index (χ1v) is 7.82. The molecule has 26 heavy (non-hydrogen) atoms. The number of hydrogen-bond acceptors (Lipinski definition) is 6. The Morgan fingerprint density at radius 2 is 1.31 bits per heavy atom. The maximum absolute atomic E-state index is 12.7. The zero-order valence-corrected chi connectivity index (χ0v) is 15.5. The van der Waals surface area contributed by atoms with Crippen LogP contribution in [0.4, 0.5) is 0 Å². The van der Waals surface area contributed by atoms with Crippen molar-refractivity contribution in [2.75, 3.05) is 35.5 Å². The van der Waals surface area contributed by atoms with Gasteiger partial charge in [-0.25, -0.2) is 0 Å². The highest BCUT2D eigenvalue weighted by molar-refractivity contribution is 6.09. The smallest absolute Gasteiger partial charge is 0.189 e. The maximum Gasteiger partial charge on any atom is 0.189 e. The van der Waals surface area contributed by atoms with Crippen molar-refractivity contribution >= 4 is 11.9 Å². The molecular formula is C20H22O6. The molecule has 2 aromatic carbocycles. The van der Waals surface area contributed by atoms with Crippen molar-refractivity contribution in [3.63, 3.8) is 0 Å². The van der Waals surface area contributed by atoms with Gasteiger partial charge in [0.05, 0.1) is 46.7 Å². The van der Waals surface area contributed by atoms with E-state index < -0.39 is 0 Å². The highest BCUT2D eigenvalue weighted by Crippen LogP contribution is 2.35. The Bertz CT molecular complexity index is 785. The van der Waals surface area contributed by atoms with Crippen molar-refractivity contribution in [2.24, 2.45) is 0 Å². The third-order valence-electron chi connectivity index (χ3n) is 3.83. The first-order chi connectivity index (χ1) is 12.6. The highest BCUT2D eigenvalue weighted by Gasteiger charge is 2.14. The predicted molar refractivity (Wildman–Crippen MR) is 99.0 cm³/mol. The van der Waals surface area contributed by atoms with Crippen LogP contribution in [0.5, 0.6) is 28.7 Å². The molecule has 2 aromatic rings. The molecule has 0 aromatic heterocycles. The van der Waals surface area contributed by atoms with Gasteiger partial charge in [-0.2, -0.15) is 0 Å². The molecule has 6 nitrogen and oxygen atoms in total. The van der Waals surface area contributed by atoms with Gasteiger partial charge in [0, 0.05) is 12.1 Å². The number of methoxy groups -OCH3 is 5. The second kappa shape index (κ2) is 8.80. The van der Waals surface area contributed by atoms with Gasteiger partial charge in [0.1, 0.15) is 28.7 Å². The van der Waals surface area contributed by atoms with E-state index in [1.165, 1.54) is 13.2 Å². The second-order valence-electron chi connectivity index (χ2n) is 5.21. The van der Waals surface area contributed by atoms with Gasteiger partial charge in [-0.3, -0.25) is 4.79 Å². The SMILES string of the molecule is COc1cc(OC)c(/C=C/C(=O)c2cc(OC)ccc2OC)c(OC)c1. The molecule has 0 saturated heterocycles. The fraction of sp³-hybridized carbons (Fsp3) is 0.250. The van der Waals surface area contributed by atoms with Crippen molar-refractivity contribution in [2.45, 2.75) is 0 Å². The van der Waals surface area contributed by atoms with E-state index in [1.54, 1.807) is 64.8 Å². The van der Waals surface area contributed by atoms with Crippen LogP contribution in [0.3, 0.4) is 0 Å². The summed E-state index contributed by atoms with van der Waals surface area (Å²) in [7, 11) is 7.69. The molecule has 6 heteroatoms. The van der Waals surface area contributed by atoms with Crippen LogP contribution >= 0.6 is 0 Å². The van der Waals surface area contributed by atoms with Crippen molar-refractivity contribution < 1.29 is 28.5 Å². The zero-order chi connectivity index (χ0) is 19.1.